The first kappa shape index (κ1) is 17.4. The molecule has 0 fully saturated rings. The molecule has 23 heavy (non-hydrogen) atoms. The van der Waals surface area contributed by atoms with Crippen LogP contribution in [0.1, 0.15) is 13.3 Å². The van der Waals surface area contributed by atoms with E-state index in [0.717, 1.165) is 10.1 Å². The summed E-state index contributed by atoms with van der Waals surface area (Å²) in [4.78, 5) is 12.2. The van der Waals surface area contributed by atoms with Gasteiger partial charge < -0.3 is 4.74 Å². The summed E-state index contributed by atoms with van der Waals surface area (Å²) < 4.78 is 19.8. The van der Waals surface area contributed by atoms with Crippen molar-refractivity contribution in [1.82, 2.24) is 10.2 Å². The average molecular weight is 353 g/mol. The van der Waals surface area contributed by atoms with Gasteiger partial charge >= 0.3 is 0 Å². The van der Waals surface area contributed by atoms with E-state index in [1.54, 1.807) is 25.1 Å². The Labute approximate surface area is 142 Å². The maximum Gasteiger partial charge on any atom is 0.267 e. The zero-order chi connectivity index (χ0) is 16.7. The Morgan fingerprint density at radius 1 is 1.52 bits per heavy atom. The first-order valence-corrected chi connectivity index (χ1v) is 8.73. The minimum absolute atomic E-state index is 0.0500. The number of carbonyl (C=O) groups is 1. The van der Waals surface area contributed by atoms with Gasteiger partial charge in [-0.1, -0.05) is 48.2 Å². The molecule has 0 saturated carbocycles. The van der Waals surface area contributed by atoms with Crippen LogP contribution >= 0.6 is 23.1 Å². The highest BCUT2D eigenvalue weighted by Crippen LogP contribution is 2.26. The Hall–Kier alpha value is -1.93. The third-order valence-corrected chi connectivity index (χ3v) is 4.70. The van der Waals surface area contributed by atoms with Gasteiger partial charge in [0.05, 0.1) is 0 Å². The van der Waals surface area contributed by atoms with E-state index in [0.29, 0.717) is 11.6 Å². The molecule has 1 amide bonds. The van der Waals surface area contributed by atoms with Gasteiger partial charge in [-0.2, -0.15) is 0 Å². The number of aromatic nitrogens is 2. The van der Waals surface area contributed by atoms with E-state index in [4.69, 9.17) is 4.74 Å². The van der Waals surface area contributed by atoms with E-state index in [1.165, 1.54) is 35.2 Å². The Morgan fingerprint density at radius 3 is 3.00 bits per heavy atom. The van der Waals surface area contributed by atoms with Crippen LogP contribution in [-0.4, -0.2) is 28.0 Å². The number of carbonyl (C=O) groups excluding carboxylic acids is 1. The van der Waals surface area contributed by atoms with Crippen molar-refractivity contribution in [3.05, 3.63) is 42.7 Å². The smallest absolute Gasteiger partial charge is 0.267 e. The molecule has 0 unspecified atom stereocenters. The fourth-order valence-corrected chi connectivity index (χ4v) is 3.17. The zero-order valence-electron chi connectivity index (χ0n) is 12.5. The molecule has 0 bridgehead atoms. The Morgan fingerprint density at radius 2 is 2.30 bits per heavy atom. The second-order valence-corrected chi connectivity index (χ2v) is 6.65. The van der Waals surface area contributed by atoms with Crippen molar-refractivity contribution in [3.63, 3.8) is 0 Å². The molecule has 0 aliphatic rings. The number of hydrogen-bond donors (Lipinski definition) is 1. The van der Waals surface area contributed by atoms with Gasteiger partial charge in [0.1, 0.15) is 0 Å². The van der Waals surface area contributed by atoms with Crippen molar-refractivity contribution in [2.24, 2.45) is 0 Å². The lowest BCUT2D eigenvalue weighted by Gasteiger charge is -2.16. The number of anilines is 1. The van der Waals surface area contributed by atoms with Gasteiger partial charge in [0.2, 0.25) is 5.13 Å². The fraction of sp³-hybridized carbons (Fsp3) is 0.267. The predicted octanol–water partition coefficient (Wildman–Crippen LogP) is 3.75. The van der Waals surface area contributed by atoms with Crippen LogP contribution in [0.25, 0.3) is 0 Å². The van der Waals surface area contributed by atoms with Crippen LogP contribution in [0, 0.1) is 5.82 Å². The van der Waals surface area contributed by atoms with Gasteiger partial charge in [-0.05, 0) is 18.6 Å². The van der Waals surface area contributed by atoms with E-state index >= 15 is 0 Å². The van der Waals surface area contributed by atoms with Crippen molar-refractivity contribution >= 4 is 34.1 Å². The number of thioether (sulfide) groups is 1. The molecule has 122 valence electrons. The molecule has 1 heterocycles. The number of ether oxygens (including phenoxy) is 1. The van der Waals surface area contributed by atoms with Crippen LogP contribution in [0.5, 0.6) is 5.75 Å². The molecule has 0 saturated heterocycles. The van der Waals surface area contributed by atoms with Crippen molar-refractivity contribution < 1.29 is 13.9 Å². The number of para-hydroxylation sites is 1. The lowest BCUT2D eigenvalue weighted by atomic mass is 10.2. The molecular weight excluding hydrogens is 337 g/mol. The second kappa shape index (κ2) is 8.64. The first-order valence-electron chi connectivity index (χ1n) is 6.93. The van der Waals surface area contributed by atoms with Crippen molar-refractivity contribution in [2.45, 2.75) is 23.8 Å². The van der Waals surface area contributed by atoms with Crippen LogP contribution in [0.4, 0.5) is 9.52 Å². The Kier molecular flexibility index (Phi) is 6.54. The van der Waals surface area contributed by atoms with Gasteiger partial charge in [-0.15, -0.1) is 16.8 Å². The lowest BCUT2D eigenvalue weighted by molar-refractivity contribution is -0.122. The maximum atomic E-state index is 13.6. The van der Waals surface area contributed by atoms with Crippen LogP contribution in [0.15, 0.2) is 41.3 Å². The quantitative estimate of drug-likeness (QED) is 0.445. The largest absolute Gasteiger partial charge is 0.478 e. The van der Waals surface area contributed by atoms with Crippen molar-refractivity contribution in [2.75, 3.05) is 11.1 Å². The molecule has 0 spiro atoms. The highest BCUT2D eigenvalue weighted by Gasteiger charge is 2.21. The molecule has 1 N–H and O–H groups in total. The highest BCUT2D eigenvalue weighted by atomic mass is 32.2. The van der Waals surface area contributed by atoms with Gasteiger partial charge in [-0.3, -0.25) is 10.1 Å². The van der Waals surface area contributed by atoms with Gasteiger partial charge in [0.15, 0.2) is 22.0 Å². The summed E-state index contributed by atoms with van der Waals surface area (Å²) >= 11 is 2.75. The number of nitrogens with one attached hydrogen (secondary N) is 1. The number of nitrogens with zero attached hydrogens (tertiary/aromatic N) is 2. The molecule has 1 aromatic heterocycles. The minimum atomic E-state index is -0.805. The minimum Gasteiger partial charge on any atom is -0.478 e. The van der Waals surface area contributed by atoms with Crippen LogP contribution < -0.4 is 10.1 Å². The van der Waals surface area contributed by atoms with E-state index in [9.17, 15) is 9.18 Å². The predicted molar refractivity (Wildman–Crippen MR) is 90.6 cm³/mol. The summed E-state index contributed by atoms with van der Waals surface area (Å²) in [6.45, 7) is 5.42. The summed E-state index contributed by atoms with van der Waals surface area (Å²) in [5.41, 5.74) is 0. The van der Waals surface area contributed by atoms with E-state index in [2.05, 4.69) is 22.1 Å². The standard InChI is InChI=1S/C15H16FN3O2S2/c1-3-9-22-15-19-18-14(23-15)17-13(20)11(4-2)21-12-8-6-5-7-10(12)16/h3,5-8,11H,1,4,9H2,2H3,(H,17,18,20)/t11-/m0/s1. The fourth-order valence-electron chi connectivity index (χ4n) is 1.65. The van der Waals surface area contributed by atoms with Crippen molar-refractivity contribution in [1.29, 1.82) is 0 Å². The summed E-state index contributed by atoms with van der Waals surface area (Å²) in [6, 6.07) is 5.98. The Bertz CT molecular complexity index is 678. The molecule has 0 aliphatic carbocycles. The Balaban J connectivity index is 1.98. The van der Waals surface area contributed by atoms with E-state index in [1.807, 2.05) is 0 Å². The molecule has 1 aromatic carbocycles. The third-order valence-electron chi connectivity index (χ3n) is 2.73. The van der Waals surface area contributed by atoms with Crippen LogP contribution in [-0.2, 0) is 4.79 Å². The molecule has 1 atom stereocenters. The monoisotopic (exact) mass is 353 g/mol. The number of hydrogen-bond acceptors (Lipinski definition) is 6. The molecule has 8 heteroatoms. The number of amides is 1. The lowest BCUT2D eigenvalue weighted by Crippen LogP contribution is -2.32. The summed E-state index contributed by atoms with van der Waals surface area (Å²) in [5, 5.41) is 10.9. The second-order valence-electron chi connectivity index (χ2n) is 4.41. The number of benzene rings is 1. The molecule has 5 nitrogen and oxygen atoms in total. The summed E-state index contributed by atoms with van der Waals surface area (Å²) in [5.74, 6) is -0.116. The topological polar surface area (TPSA) is 64.1 Å². The summed E-state index contributed by atoms with van der Waals surface area (Å²) in [6.07, 6.45) is 1.36. The molecule has 2 aromatic rings. The van der Waals surface area contributed by atoms with E-state index in [-0.39, 0.29) is 11.7 Å². The van der Waals surface area contributed by atoms with Crippen LogP contribution in [0.3, 0.4) is 0 Å². The number of rotatable bonds is 8. The molecule has 0 radical (unpaired) electrons. The SMILES string of the molecule is C=CCSc1nnc(NC(=O)[C@H](CC)Oc2ccccc2F)s1. The van der Waals surface area contributed by atoms with Crippen LogP contribution in [0.2, 0.25) is 0 Å². The molecule has 2 rings (SSSR count). The average Bonchev–Trinajstić information content (AvgIpc) is 2.99. The van der Waals surface area contributed by atoms with Crippen molar-refractivity contribution in [3.8, 4) is 5.75 Å². The third kappa shape index (κ3) is 5.04. The highest BCUT2D eigenvalue weighted by molar-refractivity contribution is 8.01. The van der Waals surface area contributed by atoms with E-state index < -0.39 is 11.9 Å². The number of halogens is 1. The molecular formula is C15H16FN3O2S2. The van der Waals surface area contributed by atoms with Gasteiger partial charge in [0.25, 0.3) is 5.91 Å². The maximum absolute atomic E-state index is 13.6. The first-order chi connectivity index (χ1) is 11.1. The zero-order valence-corrected chi connectivity index (χ0v) is 14.1. The van der Waals surface area contributed by atoms with Gasteiger partial charge in [-0.25, -0.2) is 4.39 Å². The van der Waals surface area contributed by atoms with Gasteiger partial charge in [0, 0.05) is 5.75 Å². The molecule has 0 aliphatic heterocycles. The normalized spacial score (nSPS) is 11.7. The summed E-state index contributed by atoms with van der Waals surface area (Å²) in [7, 11) is 0.